The molecule has 0 aliphatic rings. The molecule has 0 aliphatic heterocycles. The van der Waals surface area contributed by atoms with Gasteiger partial charge in [-0.05, 0) is 24.1 Å². The van der Waals surface area contributed by atoms with Gasteiger partial charge in [0.05, 0.1) is 11.3 Å². The highest BCUT2D eigenvalue weighted by Crippen LogP contribution is 2.19. The van der Waals surface area contributed by atoms with Crippen molar-refractivity contribution >= 4 is 39.5 Å². The van der Waals surface area contributed by atoms with Crippen molar-refractivity contribution < 1.29 is 0 Å². The maximum atomic E-state index is 4.15. The first-order valence-electron chi connectivity index (χ1n) is 4.04. The standard InChI is InChI=1S/C10H7BrN2S/c11-7-3-4-8-9(2-1-5-14)12-13-10(8)6-7/h3-4,6,14H,5H2,(H,12,13). The zero-order valence-corrected chi connectivity index (χ0v) is 9.69. The number of hydrogen-bond donors (Lipinski definition) is 2. The van der Waals surface area contributed by atoms with Crippen LogP contribution in [0.15, 0.2) is 22.7 Å². The predicted octanol–water partition coefficient (Wildman–Crippen LogP) is 2.61. The minimum absolute atomic E-state index is 0.553. The Morgan fingerprint density at radius 1 is 1.50 bits per heavy atom. The second kappa shape index (κ2) is 4.07. The number of nitrogens with zero attached hydrogens (tertiary/aromatic N) is 1. The van der Waals surface area contributed by atoms with E-state index in [9.17, 15) is 0 Å². The lowest BCUT2D eigenvalue weighted by Crippen LogP contribution is -1.74. The van der Waals surface area contributed by atoms with E-state index in [0.29, 0.717) is 5.75 Å². The predicted molar refractivity (Wildman–Crippen MR) is 64.5 cm³/mol. The van der Waals surface area contributed by atoms with E-state index in [1.807, 2.05) is 18.2 Å². The molecule has 0 aliphatic carbocycles. The third-order valence-electron chi connectivity index (χ3n) is 1.81. The van der Waals surface area contributed by atoms with Gasteiger partial charge >= 0.3 is 0 Å². The lowest BCUT2D eigenvalue weighted by atomic mass is 10.2. The number of H-pyrrole nitrogens is 1. The highest BCUT2D eigenvalue weighted by atomic mass is 79.9. The second-order valence-corrected chi connectivity index (χ2v) is 3.95. The van der Waals surface area contributed by atoms with Gasteiger partial charge in [-0.15, -0.1) is 0 Å². The van der Waals surface area contributed by atoms with Crippen molar-refractivity contribution in [2.75, 3.05) is 5.75 Å². The van der Waals surface area contributed by atoms with E-state index in [-0.39, 0.29) is 0 Å². The van der Waals surface area contributed by atoms with Crippen LogP contribution in [-0.4, -0.2) is 16.0 Å². The number of hydrogen-bond acceptors (Lipinski definition) is 2. The Kier molecular flexibility index (Phi) is 2.80. The van der Waals surface area contributed by atoms with Gasteiger partial charge in [-0.1, -0.05) is 21.9 Å². The van der Waals surface area contributed by atoms with E-state index in [2.05, 4.69) is 50.6 Å². The van der Waals surface area contributed by atoms with Crippen LogP contribution in [0.4, 0.5) is 0 Å². The third kappa shape index (κ3) is 1.79. The summed E-state index contributed by atoms with van der Waals surface area (Å²) in [5.41, 5.74) is 1.77. The quantitative estimate of drug-likeness (QED) is 0.557. The van der Waals surface area contributed by atoms with Crippen LogP contribution in [0.5, 0.6) is 0 Å². The summed E-state index contributed by atoms with van der Waals surface area (Å²) >= 11 is 7.42. The van der Waals surface area contributed by atoms with Crippen molar-refractivity contribution in [2.24, 2.45) is 0 Å². The monoisotopic (exact) mass is 266 g/mol. The Bertz CT molecular complexity index is 522. The molecule has 0 unspecified atom stereocenters. The molecule has 1 aromatic heterocycles. The molecule has 0 atom stereocenters. The van der Waals surface area contributed by atoms with Crippen molar-refractivity contribution in [3.05, 3.63) is 28.4 Å². The molecule has 0 saturated heterocycles. The van der Waals surface area contributed by atoms with Gasteiger partial charge in [-0.2, -0.15) is 17.7 Å². The van der Waals surface area contributed by atoms with Gasteiger partial charge in [0.1, 0.15) is 5.69 Å². The summed E-state index contributed by atoms with van der Waals surface area (Å²) in [6.45, 7) is 0. The SMILES string of the molecule is SCC#Cc1[nH]nc2cc(Br)ccc12. The Labute approximate surface area is 95.6 Å². The summed E-state index contributed by atoms with van der Waals surface area (Å²) in [6.07, 6.45) is 0. The third-order valence-corrected chi connectivity index (χ3v) is 2.46. The van der Waals surface area contributed by atoms with Crippen LogP contribution < -0.4 is 0 Å². The first kappa shape index (κ1) is 9.63. The van der Waals surface area contributed by atoms with Crippen LogP contribution in [0.1, 0.15) is 5.69 Å². The molecule has 2 aromatic rings. The molecule has 0 amide bonds. The average Bonchev–Trinajstić information content (AvgIpc) is 2.57. The Morgan fingerprint density at radius 2 is 2.36 bits per heavy atom. The summed E-state index contributed by atoms with van der Waals surface area (Å²) < 4.78 is 1.02. The Hall–Kier alpha value is -0.920. The molecule has 70 valence electrons. The maximum absolute atomic E-state index is 4.15. The minimum atomic E-state index is 0.553. The van der Waals surface area contributed by atoms with Gasteiger partial charge in [0.25, 0.3) is 0 Å². The maximum Gasteiger partial charge on any atom is 0.115 e. The zero-order valence-electron chi connectivity index (χ0n) is 7.21. The highest BCUT2D eigenvalue weighted by Gasteiger charge is 2.02. The van der Waals surface area contributed by atoms with Crippen LogP contribution in [0.2, 0.25) is 0 Å². The molecule has 1 N–H and O–H groups in total. The lowest BCUT2D eigenvalue weighted by molar-refractivity contribution is 1.10. The van der Waals surface area contributed by atoms with E-state index >= 15 is 0 Å². The van der Waals surface area contributed by atoms with Crippen LogP contribution in [-0.2, 0) is 0 Å². The number of fused-ring (bicyclic) bond motifs is 1. The molecule has 0 fully saturated rings. The van der Waals surface area contributed by atoms with Crippen LogP contribution in [0, 0.1) is 11.8 Å². The normalized spacial score (nSPS) is 9.86. The topological polar surface area (TPSA) is 28.7 Å². The van der Waals surface area contributed by atoms with E-state index in [0.717, 1.165) is 21.1 Å². The summed E-state index contributed by atoms with van der Waals surface area (Å²) in [5.74, 6) is 6.42. The molecule has 0 spiro atoms. The Morgan fingerprint density at radius 3 is 3.14 bits per heavy atom. The molecule has 4 heteroatoms. The molecule has 0 saturated carbocycles. The highest BCUT2D eigenvalue weighted by molar-refractivity contribution is 9.10. The lowest BCUT2D eigenvalue weighted by Gasteiger charge is -1.89. The fraction of sp³-hybridized carbons (Fsp3) is 0.100. The summed E-state index contributed by atoms with van der Waals surface area (Å²) in [5, 5.41) is 8.09. The number of aromatic amines is 1. The van der Waals surface area contributed by atoms with Gasteiger partial charge in [-0.25, -0.2) is 0 Å². The first-order valence-corrected chi connectivity index (χ1v) is 5.47. The van der Waals surface area contributed by atoms with Crippen molar-refractivity contribution in [1.29, 1.82) is 0 Å². The van der Waals surface area contributed by atoms with E-state index < -0.39 is 0 Å². The molecular weight excluding hydrogens is 260 g/mol. The van der Waals surface area contributed by atoms with E-state index in [4.69, 9.17) is 0 Å². The summed E-state index contributed by atoms with van der Waals surface area (Å²) in [6, 6.07) is 5.92. The van der Waals surface area contributed by atoms with Crippen molar-refractivity contribution in [3.63, 3.8) is 0 Å². The van der Waals surface area contributed by atoms with Crippen molar-refractivity contribution in [3.8, 4) is 11.8 Å². The molecule has 14 heavy (non-hydrogen) atoms. The first-order chi connectivity index (χ1) is 6.81. The molecule has 2 rings (SSSR count). The number of aromatic nitrogens is 2. The Balaban J connectivity index is 2.58. The fourth-order valence-corrected chi connectivity index (χ4v) is 1.64. The van der Waals surface area contributed by atoms with Gasteiger partial charge in [0, 0.05) is 9.86 Å². The van der Waals surface area contributed by atoms with Gasteiger partial charge in [0.15, 0.2) is 0 Å². The zero-order chi connectivity index (χ0) is 9.97. The molecular formula is C10H7BrN2S. The largest absolute Gasteiger partial charge is 0.269 e. The molecule has 1 heterocycles. The number of nitrogens with one attached hydrogen (secondary N) is 1. The number of benzene rings is 1. The van der Waals surface area contributed by atoms with Crippen molar-refractivity contribution in [2.45, 2.75) is 0 Å². The number of rotatable bonds is 0. The van der Waals surface area contributed by atoms with Crippen molar-refractivity contribution in [1.82, 2.24) is 10.2 Å². The van der Waals surface area contributed by atoms with Crippen LogP contribution in [0.25, 0.3) is 10.9 Å². The number of thiol groups is 1. The molecule has 0 bridgehead atoms. The fourth-order valence-electron chi connectivity index (χ4n) is 1.21. The molecule has 1 aromatic carbocycles. The number of halogens is 1. The molecule has 0 radical (unpaired) electrons. The van der Waals surface area contributed by atoms with Crippen LogP contribution >= 0.6 is 28.6 Å². The van der Waals surface area contributed by atoms with Crippen LogP contribution in [0.3, 0.4) is 0 Å². The van der Waals surface area contributed by atoms with Gasteiger partial charge < -0.3 is 0 Å². The van der Waals surface area contributed by atoms with Gasteiger partial charge in [-0.3, -0.25) is 5.10 Å². The van der Waals surface area contributed by atoms with E-state index in [1.165, 1.54) is 0 Å². The molecule has 2 nitrogen and oxygen atoms in total. The van der Waals surface area contributed by atoms with E-state index in [1.54, 1.807) is 0 Å². The minimum Gasteiger partial charge on any atom is -0.269 e. The summed E-state index contributed by atoms with van der Waals surface area (Å²) in [4.78, 5) is 0. The second-order valence-electron chi connectivity index (χ2n) is 2.72. The smallest absolute Gasteiger partial charge is 0.115 e. The van der Waals surface area contributed by atoms with Gasteiger partial charge in [0.2, 0.25) is 0 Å². The summed E-state index contributed by atoms with van der Waals surface area (Å²) in [7, 11) is 0. The average molecular weight is 267 g/mol.